The van der Waals surface area contributed by atoms with Crippen molar-refractivity contribution in [1.82, 2.24) is 14.9 Å². The molecule has 47 heavy (non-hydrogen) atoms. The Morgan fingerprint density at radius 2 is 1.62 bits per heavy atom. The molecule has 12 heteroatoms. The van der Waals surface area contributed by atoms with Gasteiger partial charge in [-0.3, -0.25) is 4.79 Å². The molecule has 1 aliphatic heterocycles. The van der Waals surface area contributed by atoms with E-state index < -0.39 is 21.8 Å². The molecule has 2 unspecified atom stereocenters. The number of aliphatic hydroxyl groups is 1. The lowest BCUT2D eigenvalue weighted by Gasteiger charge is -2.40. The van der Waals surface area contributed by atoms with Gasteiger partial charge in [0.15, 0.2) is 11.5 Å². The fourth-order valence-electron chi connectivity index (χ4n) is 5.31. The summed E-state index contributed by atoms with van der Waals surface area (Å²) in [5.41, 5.74) is -0.215. The van der Waals surface area contributed by atoms with Gasteiger partial charge in [0.2, 0.25) is 22.7 Å². The van der Waals surface area contributed by atoms with Gasteiger partial charge in [0.1, 0.15) is 12.3 Å². The second-order valence-corrected chi connectivity index (χ2v) is 14.1. The predicted molar refractivity (Wildman–Crippen MR) is 177 cm³/mol. The summed E-state index contributed by atoms with van der Waals surface area (Å²) in [5, 5.41) is 17.8. The summed E-state index contributed by atoms with van der Waals surface area (Å²) in [6, 6.07) is 22.8. The van der Waals surface area contributed by atoms with Gasteiger partial charge in [0.05, 0.1) is 4.90 Å². The van der Waals surface area contributed by atoms with Crippen LogP contribution in [-0.4, -0.2) is 61.5 Å². The molecule has 2 amide bonds. The quantitative estimate of drug-likeness (QED) is 0.171. The molecule has 11 nitrogen and oxygen atoms in total. The highest BCUT2D eigenvalue weighted by molar-refractivity contribution is 7.89. The summed E-state index contributed by atoms with van der Waals surface area (Å²) < 4.78 is 45.5. The largest absolute Gasteiger partial charge is 0.454 e. The predicted octanol–water partition coefficient (Wildman–Crippen LogP) is 4.98. The van der Waals surface area contributed by atoms with Crippen molar-refractivity contribution in [1.29, 1.82) is 0 Å². The molecule has 1 heterocycles. The number of nitrogens with zero attached hydrogens (tertiary/aromatic N) is 1. The van der Waals surface area contributed by atoms with Gasteiger partial charge in [-0.2, -0.15) is 4.31 Å². The summed E-state index contributed by atoms with van der Waals surface area (Å²) in [6.45, 7) is 5.88. The molecule has 2 atom stereocenters. The zero-order chi connectivity index (χ0) is 33.9. The summed E-state index contributed by atoms with van der Waals surface area (Å²) in [7, 11) is -4.21. The Kier molecular flexibility index (Phi) is 12.6. The van der Waals surface area contributed by atoms with Gasteiger partial charge in [0.25, 0.3) is 0 Å². The number of benzene rings is 3. The van der Waals surface area contributed by atoms with Gasteiger partial charge >= 0.3 is 6.09 Å². The second-order valence-electron chi connectivity index (χ2n) is 12.2. The van der Waals surface area contributed by atoms with E-state index in [9.17, 15) is 23.1 Å². The molecule has 0 saturated carbocycles. The summed E-state index contributed by atoms with van der Waals surface area (Å²) in [4.78, 5) is 24.9. The fraction of sp³-hybridized carbons (Fsp3) is 0.429. The van der Waals surface area contributed by atoms with Crippen molar-refractivity contribution in [3.05, 3.63) is 90.0 Å². The van der Waals surface area contributed by atoms with Crippen LogP contribution in [0.4, 0.5) is 4.79 Å². The maximum Gasteiger partial charge on any atom is 0.407 e. The number of amides is 2. The SMILES string of the molecule is CC(C)CN(C(O)(CCNC(=O)CCCC(C)NC(=O)OCc1ccccc1)Cc1ccccc1)S(=O)(=O)c1ccc2c(c1)OCO2. The Hall–Kier alpha value is -4.13. The molecular weight excluding hydrogens is 622 g/mol. The molecule has 1 aliphatic rings. The average Bonchev–Trinajstić information content (AvgIpc) is 3.52. The average molecular weight is 668 g/mol. The van der Waals surface area contributed by atoms with Crippen molar-refractivity contribution in [2.24, 2.45) is 5.92 Å². The first-order valence-corrected chi connectivity index (χ1v) is 17.3. The minimum absolute atomic E-state index is 0.00288. The molecule has 0 bridgehead atoms. The number of sulfonamides is 1. The van der Waals surface area contributed by atoms with Crippen LogP contribution in [0.15, 0.2) is 83.8 Å². The van der Waals surface area contributed by atoms with Crippen LogP contribution in [0, 0.1) is 5.92 Å². The Balaban J connectivity index is 1.36. The highest BCUT2D eigenvalue weighted by Gasteiger charge is 2.43. The van der Waals surface area contributed by atoms with Crippen molar-refractivity contribution in [3.8, 4) is 11.5 Å². The minimum Gasteiger partial charge on any atom is -0.454 e. The monoisotopic (exact) mass is 667 g/mol. The van der Waals surface area contributed by atoms with Crippen LogP contribution in [0.3, 0.4) is 0 Å². The fourth-order valence-corrected chi connectivity index (χ4v) is 7.16. The smallest absolute Gasteiger partial charge is 0.407 e. The van der Waals surface area contributed by atoms with E-state index in [-0.39, 0.29) is 68.5 Å². The maximum atomic E-state index is 14.1. The lowest BCUT2D eigenvalue weighted by molar-refractivity contribution is -0.121. The normalized spacial score (nSPS) is 14.4. The summed E-state index contributed by atoms with van der Waals surface area (Å²) in [6.07, 6.45) is 0.720. The van der Waals surface area contributed by atoms with Crippen molar-refractivity contribution < 1.29 is 37.3 Å². The van der Waals surface area contributed by atoms with Gasteiger partial charge in [-0.25, -0.2) is 13.2 Å². The zero-order valence-electron chi connectivity index (χ0n) is 27.2. The standard InChI is InChI=1S/C35H45N3O8S/c1-26(2)23-38(47(42,43)30-17-18-31-32(21-30)46-25-45-31)35(41,22-28-12-6-4-7-13-28)19-20-36-33(39)16-10-11-27(3)37-34(40)44-24-29-14-8-5-9-15-29/h4-9,12-15,17-18,21,26-27,41H,10-11,16,19-20,22-25H2,1-3H3,(H,36,39)(H,37,40). The maximum absolute atomic E-state index is 14.1. The molecule has 0 saturated heterocycles. The van der Waals surface area contributed by atoms with Crippen LogP contribution in [0.1, 0.15) is 57.6 Å². The van der Waals surface area contributed by atoms with E-state index >= 15 is 0 Å². The van der Waals surface area contributed by atoms with Crippen LogP contribution < -0.4 is 20.1 Å². The number of alkyl carbamates (subject to hydrolysis) is 1. The number of carbonyl (C=O) groups is 2. The first-order valence-electron chi connectivity index (χ1n) is 15.9. The number of hydrogen-bond acceptors (Lipinski definition) is 8. The topological polar surface area (TPSA) is 143 Å². The zero-order valence-corrected chi connectivity index (χ0v) is 28.0. The lowest BCUT2D eigenvalue weighted by Crippen LogP contribution is -2.55. The van der Waals surface area contributed by atoms with E-state index in [0.717, 1.165) is 15.4 Å². The number of hydrogen-bond donors (Lipinski definition) is 3. The van der Waals surface area contributed by atoms with Crippen molar-refractivity contribution in [2.45, 2.75) is 76.1 Å². The molecule has 0 aliphatic carbocycles. The molecule has 3 aromatic rings. The molecule has 3 aromatic carbocycles. The molecule has 4 rings (SSSR count). The first-order chi connectivity index (χ1) is 22.5. The van der Waals surface area contributed by atoms with Crippen LogP contribution in [-0.2, 0) is 32.6 Å². The number of ether oxygens (including phenoxy) is 3. The summed E-state index contributed by atoms with van der Waals surface area (Å²) in [5.74, 6) is 0.430. The van der Waals surface area contributed by atoms with Gasteiger partial charge in [-0.1, -0.05) is 74.5 Å². The third kappa shape index (κ3) is 10.4. The Labute approximate surface area is 277 Å². The van der Waals surface area contributed by atoms with E-state index in [2.05, 4.69) is 10.6 Å². The Bertz CT molecular complexity index is 1570. The highest BCUT2D eigenvalue weighted by Crippen LogP contribution is 2.37. The van der Waals surface area contributed by atoms with Crippen molar-refractivity contribution in [3.63, 3.8) is 0 Å². The van der Waals surface area contributed by atoms with Crippen LogP contribution in [0.2, 0.25) is 0 Å². The van der Waals surface area contributed by atoms with Crippen LogP contribution in [0.25, 0.3) is 0 Å². The number of rotatable bonds is 17. The second kappa shape index (κ2) is 16.6. The van der Waals surface area contributed by atoms with Gasteiger partial charge < -0.3 is 30.0 Å². The highest BCUT2D eigenvalue weighted by atomic mass is 32.2. The van der Waals surface area contributed by atoms with E-state index in [4.69, 9.17) is 14.2 Å². The molecular formula is C35H45N3O8S. The van der Waals surface area contributed by atoms with Gasteiger partial charge in [0, 0.05) is 44.5 Å². The van der Waals surface area contributed by atoms with Crippen molar-refractivity contribution >= 4 is 22.0 Å². The van der Waals surface area contributed by atoms with Gasteiger partial charge in [-0.05, 0) is 48.9 Å². The van der Waals surface area contributed by atoms with E-state index in [1.807, 2.05) is 81.4 Å². The number of nitrogens with one attached hydrogen (secondary N) is 2. The van der Waals surface area contributed by atoms with E-state index in [1.165, 1.54) is 12.1 Å². The van der Waals surface area contributed by atoms with E-state index in [0.29, 0.717) is 24.3 Å². The Morgan fingerprint density at radius 1 is 0.957 bits per heavy atom. The lowest BCUT2D eigenvalue weighted by atomic mass is 9.98. The Morgan fingerprint density at radius 3 is 2.30 bits per heavy atom. The molecule has 254 valence electrons. The van der Waals surface area contributed by atoms with Crippen LogP contribution in [0.5, 0.6) is 11.5 Å². The molecule has 0 aromatic heterocycles. The number of fused-ring (bicyclic) bond motifs is 1. The summed E-state index contributed by atoms with van der Waals surface area (Å²) >= 11 is 0. The first kappa shape index (κ1) is 35.7. The minimum atomic E-state index is -4.21. The van der Waals surface area contributed by atoms with Gasteiger partial charge in [-0.15, -0.1) is 0 Å². The molecule has 0 spiro atoms. The molecule has 0 fully saturated rings. The molecule has 3 N–H and O–H groups in total. The van der Waals surface area contributed by atoms with Crippen LogP contribution >= 0.6 is 0 Å². The molecule has 0 radical (unpaired) electrons. The third-order valence-electron chi connectivity index (χ3n) is 7.72. The number of carbonyl (C=O) groups excluding carboxylic acids is 2. The van der Waals surface area contributed by atoms with Crippen molar-refractivity contribution in [2.75, 3.05) is 19.9 Å². The third-order valence-corrected chi connectivity index (χ3v) is 9.64. The van der Waals surface area contributed by atoms with E-state index in [1.54, 1.807) is 6.07 Å².